The molecule has 4 fully saturated rings. The molecule has 2 nitrogen and oxygen atoms in total. The fraction of sp³-hybridized carbons (Fsp3) is 0.765. The van der Waals surface area contributed by atoms with Gasteiger partial charge in [0.2, 0.25) is 0 Å². The van der Waals surface area contributed by atoms with Gasteiger partial charge >= 0.3 is 0 Å². The molecule has 4 aliphatic rings. The van der Waals surface area contributed by atoms with E-state index in [1.165, 1.54) is 44.1 Å². The van der Waals surface area contributed by atoms with Crippen LogP contribution in [0.5, 0.6) is 0 Å². The van der Waals surface area contributed by atoms with Crippen molar-refractivity contribution in [2.75, 3.05) is 7.05 Å². The maximum Gasteiger partial charge on any atom is 0.0950 e. The lowest BCUT2D eigenvalue weighted by Crippen LogP contribution is -2.54. The molecule has 4 aliphatic carbocycles. The van der Waals surface area contributed by atoms with Crippen molar-refractivity contribution in [2.24, 2.45) is 22.7 Å². The summed E-state index contributed by atoms with van der Waals surface area (Å²) in [5.41, 5.74) is 2.45. The highest BCUT2D eigenvalue weighted by molar-refractivity contribution is 5.20. The number of hydrogen-bond donors (Lipinski definition) is 1. The standard InChI is InChI=1S/C17H25NO/c1-16-6-12-5-13(7-16)9-17(8-12,11-16)15(18-2)14-3-4-19-10-14/h3-4,10,12-13,15,18H,5-9,11H2,1-2H3. The zero-order valence-electron chi connectivity index (χ0n) is 12.1. The van der Waals surface area contributed by atoms with Crippen molar-refractivity contribution < 1.29 is 4.42 Å². The third kappa shape index (κ3) is 1.72. The number of furan rings is 1. The van der Waals surface area contributed by atoms with Crippen molar-refractivity contribution >= 4 is 0 Å². The van der Waals surface area contributed by atoms with Crippen LogP contribution < -0.4 is 5.32 Å². The zero-order valence-corrected chi connectivity index (χ0v) is 12.1. The summed E-state index contributed by atoms with van der Waals surface area (Å²) in [7, 11) is 2.12. The molecule has 0 amide bonds. The van der Waals surface area contributed by atoms with Gasteiger partial charge in [-0.25, -0.2) is 0 Å². The highest BCUT2D eigenvalue weighted by atomic mass is 16.3. The second kappa shape index (κ2) is 3.88. The Bertz CT molecular complexity index is 450. The Kier molecular flexibility index (Phi) is 2.45. The first-order valence-corrected chi connectivity index (χ1v) is 7.82. The summed E-state index contributed by atoms with van der Waals surface area (Å²) < 4.78 is 5.35. The Hall–Kier alpha value is -0.760. The van der Waals surface area contributed by atoms with Crippen LogP contribution in [0.1, 0.15) is 57.1 Å². The van der Waals surface area contributed by atoms with Gasteiger partial charge in [0, 0.05) is 11.6 Å². The largest absolute Gasteiger partial charge is 0.472 e. The van der Waals surface area contributed by atoms with Crippen LogP contribution in [0.25, 0.3) is 0 Å². The van der Waals surface area contributed by atoms with E-state index in [9.17, 15) is 0 Å². The van der Waals surface area contributed by atoms with E-state index in [4.69, 9.17) is 4.42 Å². The van der Waals surface area contributed by atoms with E-state index >= 15 is 0 Å². The summed E-state index contributed by atoms with van der Waals surface area (Å²) >= 11 is 0. The Morgan fingerprint density at radius 3 is 2.53 bits per heavy atom. The predicted octanol–water partition coefficient (Wildman–Crippen LogP) is 4.15. The second-order valence-electron chi connectivity index (χ2n) is 7.91. The first-order chi connectivity index (χ1) is 9.12. The van der Waals surface area contributed by atoms with Crippen LogP contribution in [0.4, 0.5) is 0 Å². The summed E-state index contributed by atoms with van der Waals surface area (Å²) in [5, 5.41) is 3.62. The first kappa shape index (κ1) is 12.0. The molecule has 1 aromatic heterocycles. The lowest BCUT2D eigenvalue weighted by molar-refractivity contribution is -0.118. The van der Waals surface area contributed by atoms with Gasteiger partial charge in [0.25, 0.3) is 0 Å². The van der Waals surface area contributed by atoms with Crippen LogP contribution >= 0.6 is 0 Å². The average molecular weight is 259 g/mol. The second-order valence-corrected chi connectivity index (χ2v) is 7.91. The van der Waals surface area contributed by atoms with Gasteiger partial charge in [0.1, 0.15) is 0 Å². The molecule has 2 heteroatoms. The molecule has 0 aliphatic heterocycles. The van der Waals surface area contributed by atoms with E-state index in [0.717, 1.165) is 11.8 Å². The number of nitrogens with one attached hydrogen (secondary N) is 1. The molecule has 0 aromatic carbocycles. The van der Waals surface area contributed by atoms with Gasteiger partial charge in [-0.1, -0.05) is 6.92 Å². The van der Waals surface area contributed by atoms with Crippen LogP contribution in [-0.2, 0) is 0 Å². The van der Waals surface area contributed by atoms with E-state index in [0.29, 0.717) is 16.9 Å². The molecule has 1 aromatic rings. The fourth-order valence-corrected chi connectivity index (χ4v) is 6.40. The van der Waals surface area contributed by atoms with Crippen molar-refractivity contribution in [3.05, 3.63) is 24.2 Å². The van der Waals surface area contributed by atoms with Crippen molar-refractivity contribution in [1.82, 2.24) is 5.32 Å². The topological polar surface area (TPSA) is 25.2 Å². The summed E-state index contributed by atoms with van der Waals surface area (Å²) in [6.07, 6.45) is 12.5. The summed E-state index contributed by atoms with van der Waals surface area (Å²) in [6.45, 7) is 2.54. The third-order valence-electron chi connectivity index (χ3n) is 6.18. The van der Waals surface area contributed by atoms with Crippen LogP contribution in [0.2, 0.25) is 0 Å². The van der Waals surface area contributed by atoms with Crippen LogP contribution in [0, 0.1) is 22.7 Å². The fourth-order valence-electron chi connectivity index (χ4n) is 6.40. The van der Waals surface area contributed by atoms with Gasteiger partial charge in [0.15, 0.2) is 0 Å². The first-order valence-electron chi connectivity index (χ1n) is 7.82. The Balaban J connectivity index is 1.73. The quantitative estimate of drug-likeness (QED) is 0.882. The average Bonchev–Trinajstić information content (AvgIpc) is 2.79. The van der Waals surface area contributed by atoms with Gasteiger partial charge < -0.3 is 9.73 Å². The molecule has 3 unspecified atom stereocenters. The monoisotopic (exact) mass is 259 g/mol. The minimum absolute atomic E-state index is 0.483. The van der Waals surface area contributed by atoms with Crippen molar-refractivity contribution in [1.29, 1.82) is 0 Å². The van der Waals surface area contributed by atoms with Gasteiger partial charge in [0.05, 0.1) is 12.5 Å². The summed E-state index contributed by atoms with van der Waals surface area (Å²) in [5.74, 6) is 1.96. The Labute approximate surface area is 116 Å². The van der Waals surface area contributed by atoms with Gasteiger partial charge in [-0.05, 0) is 74.3 Å². The normalized spacial score (nSPS) is 45.6. The van der Waals surface area contributed by atoms with Crippen LogP contribution in [0.3, 0.4) is 0 Å². The highest BCUT2D eigenvalue weighted by Crippen LogP contribution is 2.68. The molecule has 104 valence electrons. The molecular weight excluding hydrogens is 234 g/mol. The van der Waals surface area contributed by atoms with Crippen molar-refractivity contribution in [2.45, 2.75) is 51.5 Å². The molecule has 0 spiro atoms. The van der Waals surface area contributed by atoms with Crippen LogP contribution in [0.15, 0.2) is 23.0 Å². The van der Waals surface area contributed by atoms with Crippen LogP contribution in [-0.4, -0.2) is 7.05 Å². The molecule has 4 saturated carbocycles. The van der Waals surface area contributed by atoms with Crippen molar-refractivity contribution in [3.63, 3.8) is 0 Å². The Morgan fingerprint density at radius 2 is 2.00 bits per heavy atom. The van der Waals surface area contributed by atoms with Gasteiger partial charge in [-0.15, -0.1) is 0 Å². The lowest BCUT2D eigenvalue weighted by atomic mass is 9.43. The molecule has 0 saturated heterocycles. The third-order valence-corrected chi connectivity index (χ3v) is 6.18. The van der Waals surface area contributed by atoms with Gasteiger partial charge in [-0.3, -0.25) is 0 Å². The lowest BCUT2D eigenvalue weighted by Gasteiger charge is -2.63. The minimum Gasteiger partial charge on any atom is -0.472 e. The molecule has 4 bridgehead atoms. The predicted molar refractivity (Wildman–Crippen MR) is 75.7 cm³/mol. The maximum absolute atomic E-state index is 5.35. The van der Waals surface area contributed by atoms with Crippen molar-refractivity contribution in [3.8, 4) is 0 Å². The van der Waals surface area contributed by atoms with E-state index in [-0.39, 0.29) is 0 Å². The molecule has 19 heavy (non-hydrogen) atoms. The molecule has 1 heterocycles. The van der Waals surface area contributed by atoms with E-state index in [2.05, 4.69) is 25.4 Å². The smallest absolute Gasteiger partial charge is 0.0950 e. The summed E-state index contributed by atoms with van der Waals surface area (Å²) in [6, 6.07) is 2.64. The molecule has 1 N–H and O–H groups in total. The number of rotatable bonds is 3. The van der Waals surface area contributed by atoms with Gasteiger partial charge in [-0.2, -0.15) is 0 Å². The molecule has 0 radical (unpaired) electrons. The SMILES string of the molecule is CNC(c1ccoc1)C12CC3CC(CC(C)(C3)C1)C2. The zero-order chi connectivity index (χ0) is 13.1. The Morgan fingerprint density at radius 1 is 1.26 bits per heavy atom. The van der Waals surface area contributed by atoms with E-state index in [1.807, 2.05) is 12.5 Å². The van der Waals surface area contributed by atoms with E-state index in [1.54, 1.807) is 0 Å². The highest BCUT2D eigenvalue weighted by Gasteiger charge is 2.58. The number of hydrogen-bond acceptors (Lipinski definition) is 2. The molecular formula is C17H25NO. The minimum atomic E-state index is 0.483. The maximum atomic E-state index is 5.35. The van der Waals surface area contributed by atoms with E-state index < -0.39 is 0 Å². The molecule has 5 rings (SSSR count). The summed E-state index contributed by atoms with van der Waals surface area (Å²) in [4.78, 5) is 0. The molecule has 3 atom stereocenters.